The number of carbonyl (C=O) groups excluding carboxylic acids is 1. The molecule has 7 heteroatoms. The van der Waals surface area contributed by atoms with Crippen LogP contribution < -0.4 is 14.8 Å². The third-order valence-electron chi connectivity index (χ3n) is 4.21. The molecule has 0 bridgehead atoms. The molecule has 28 heavy (non-hydrogen) atoms. The van der Waals surface area contributed by atoms with Crippen LogP contribution in [0.2, 0.25) is 0 Å². The Kier molecular flexibility index (Phi) is 6.94. The van der Waals surface area contributed by atoms with Gasteiger partial charge in [-0.15, -0.1) is 0 Å². The highest BCUT2D eigenvalue weighted by Gasteiger charge is 2.32. The molecule has 0 aliphatic rings. The highest BCUT2D eigenvalue weighted by Crippen LogP contribution is 2.32. The Balaban J connectivity index is 1.95. The fourth-order valence-corrected chi connectivity index (χ4v) is 2.58. The Morgan fingerprint density at radius 1 is 0.964 bits per heavy atom. The van der Waals surface area contributed by atoms with Gasteiger partial charge in [-0.2, -0.15) is 13.2 Å². The number of rotatable bonds is 8. The molecule has 0 aromatic heterocycles. The van der Waals surface area contributed by atoms with Gasteiger partial charge in [0.2, 0.25) is 0 Å². The molecule has 1 amide bonds. The summed E-state index contributed by atoms with van der Waals surface area (Å²) in [4.78, 5) is 12.1. The zero-order valence-electron chi connectivity index (χ0n) is 16.1. The molecule has 2 aromatic carbocycles. The summed E-state index contributed by atoms with van der Waals surface area (Å²) in [5, 5.41) is 2.72. The molecular weight excluding hydrogens is 371 g/mol. The maximum Gasteiger partial charge on any atom is 0.416 e. The van der Waals surface area contributed by atoms with E-state index >= 15 is 0 Å². The lowest BCUT2D eigenvalue weighted by molar-refractivity contribution is -0.137. The summed E-state index contributed by atoms with van der Waals surface area (Å²) in [6, 6.07) is 12.1. The van der Waals surface area contributed by atoms with Gasteiger partial charge in [-0.3, -0.25) is 4.79 Å². The first-order chi connectivity index (χ1) is 13.1. The van der Waals surface area contributed by atoms with E-state index < -0.39 is 17.2 Å². The predicted molar refractivity (Wildman–Crippen MR) is 101 cm³/mol. The van der Waals surface area contributed by atoms with Gasteiger partial charge in [0.25, 0.3) is 5.91 Å². The molecule has 0 aliphatic heterocycles. The molecule has 0 saturated carbocycles. The van der Waals surface area contributed by atoms with E-state index in [4.69, 9.17) is 9.47 Å². The van der Waals surface area contributed by atoms with Gasteiger partial charge < -0.3 is 14.8 Å². The number of amides is 1. The molecule has 0 spiro atoms. The highest BCUT2D eigenvalue weighted by molar-refractivity contribution is 5.77. The summed E-state index contributed by atoms with van der Waals surface area (Å²) >= 11 is 0. The molecular formula is C21H24F3NO3. The van der Waals surface area contributed by atoms with Crippen LogP contribution in [0.15, 0.2) is 48.5 Å². The van der Waals surface area contributed by atoms with Gasteiger partial charge in [-0.05, 0) is 30.7 Å². The van der Waals surface area contributed by atoms with Crippen molar-refractivity contribution in [2.45, 2.75) is 32.4 Å². The lowest BCUT2D eigenvalue weighted by Crippen LogP contribution is -2.39. The monoisotopic (exact) mass is 395 g/mol. The minimum absolute atomic E-state index is 0.170. The third kappa shape index (κ3) is 5.90. The van der Waals surface area contributed by atoms with Crippen LogP contribution >= 0.6 is 0 Å². The fourth-order valence-electron chi connectivity index (χ4n) is 2.58. The fraction of sp³-hybridized carbons (Fsp3) is 0.381. The standard InChI is InChI=1S/C21H24F3NO3/c1-4-27-17-10-5-6-11-18(17)28-13-19(26)25-14-20(2,3)15-8-7-9-16(12-15)21(22,23)24/h5-12H,4,13-14H2,1-3H3,(H,25,26). The Labute approximate surface area is 162 Å². The van der Waals surface area contributed by atoms with Gasteiger partial charge in [-0.25, -0.2) is 0 Å². The van der Waals surface area contributed by atoms with Crippen molar-refractivity contribution in [1.82, 2.24) is 5.32 Å². The molecule has 152 valence electrons. The van der Waals surface area contributed by atoms with E-state index in [1.54, 1.807) is 44.2 Å². The second-order valence-electron chi connectivity index (χ2n) is 6.91. The first kappa shape index (κ1) is 21.6. The summed E-state index contributed by atoms with van der Waals surface area (Å²) in [5.74, 6) is 0.630. The zero-order chi connectivity index (χ0) is 20.8. The number of alkyl halides is 3. The predicted octanol–water partition coefficient (Wildman–Crippen LogP) is 4.58. The molecule has 2 rings (SSSR count). The summed E-state index contributed by atoms with van der Waals surface area (Å²) in [5.41, 5.74) is -0.898. The first-order valence-electron chi connectivity index (χ1n) is 8.92. The van der Waals surface area contributed by atoms with Gasteiger partial charge in [0.15, 0.2) is 18.1 Å². The SMILES string of the molecule is CCOc1ccccc1OCC(=O)NCC(C)(C)c1cccc(C(F)(F)F)c1. The van der Waals surface area contributed by atoms with E-state index in [1.165, 1.54) is 6.07 Å². The Morgan fingerprint density at radius 3 is 2.18 bits per heavy atom. The minimum atomic E-state index is -4.41. The van der Waals surface area contributed by atoms with Crippen LogP contribution in [0.5, 0.6) is 11.5 Å². The number of para-hydroxylation sites is 2. The van der Waals surface area contributed by atoms with E-state index in [1.807, 2.05) is 6.92 Å². The molecule has 0 aliphatic carbocycles. The average molecular weight is 395 g/mol. The van der Waals surface area contributed by atoms with E-state index in [0.717, 1.165) is 12.1 Å². The molecule has 1 N–H and O–H groups in total. The lowest BCUT2D eigenvalue weighted by atomic mass is 9.83. The summed E-state index contributed by atoms with van der Waals surface area (Å²) < 4.78 is 49.7. The normalized spacial score (nSPS) is 11.8. The molecule has 0 fully saturated rings. The van der Waals surface area contributed by atoms with Gasteiger partial charge in [0.1, 0.15) is 0 Å². The Morgan fingerprint density at radius 2 is 1.57 bits per heavy atom. The van der Waals surface area contributed by atoms with Crippen LogP contribution in [0.4, 0.5) is 13.2 Å². The van der Waals surface area contributed by atoms with Crippen LogP contribution in [0.3, 0.4) is 0 Å². The van der Waals surface area contributed by atoms with Crippen molar-refractivity contribution in [1.29, 1.82) is 0 Å². The number of nitrogens with one attached hydrogen (secondary N) is 1. The first-order valence-corrected chi connectivity index (χ1v) is 8.92. The van der Waals surface area contributed by atoms with Crippen LogP contribution in [0.25, 0.3) is 0 Å². The van der Waals surface area contributed by atoms with Crippen LogP contribution in [-0.4, -0.2) is 25.7 Å². The number of hydrogen-bond donors (Lipinski definition) is 1. The second kappa shape index (κ2) is 8.99. The molecule has 0 atom stereocenters. The van der Waals surface area contributed by atoms with E-state index in [0.29, 0.717) is 23.7 Å². The number of carbonyl (C=O) groups is 1. The Bertz CT molecular complexity index is 803. The van der Waals surface area contributed by atoms with Crippen molar-refractivity contribution in [3.05, 3.63) is 59.7 Å². The van der Waals surface area contributed by atoms with Crippen molar-refractivity contribution in [2.24, 2.45) is 0 Å². The molecule has 4 nitrogen and oxygen atoms in total. The number of benzene rings is 2. The van der Waals surface area contributed by atoms with Gasteiger partial charge in [0, 0.05) is 12.0 Å². The second-order valence-corrected chi connectivity index (χ2v) is 6.91. The van der Waals surface area contributed by atoms with Crippen molar-refractivity contribution in [3.63, 3.8) is 0 Å². The third-order valence-corrected chi connectivity index (χ3v) is 4.21. The maximum atomic E-state index is 12.9. The van der Waals surface area contributed by atoms with Crippen LogP contribution in [-0.2, 0) is 16.4 Å². The smallest absolute Gasteiger partial charge is 0.416 e. The van der Waals surface area contributed by atoms with E-state index in [9.17, 15) is 18.0 Å². The highest BCUT2D eigenvalue weighted by atomic mass is 19.4. The number of ether oxygens (including phenoxy) is 2. The van der Waals surface area contributed by atoms with Crippen molar-refractivity contribution in [3.8, 4) is 11.5 Å². The molecule has 0 heterocycles. The lowest BCUT2D eigenvalue weighted by Gasteiger charge is -2.26. The van der Waals surface area contributed by atoms with Crippen LogP contribution in [0.1, 0.15) is 31.9 Å². The summed E-state index contributed by atoms with van der Waals surface area (Å²) in [6.45, 7) is 5.81. The Hall–Kier alpha value is -2.70. The van der Waals surface area contributed by atoms with Gasteiger partial charge in [0.05, 0.1) is 12.2 Å². The van der Waals surface area contributed by atoms with Crippen LogP contribution in [0, 0.1) is 0 Å². The van der Waals surface area contributed by atoms with Gasteiger partial charge in [-0.1, -0.05) is 44.2 Å². The number of hydrogen-bond acceptors (Lipinski definition) is 3. The van der Waals surface area contributed by atoms with Crippen molar-refractivity contribution in [2.75, 3.05) is 19.8 Å². The quantitative estimate of drug-likeness (QED) is 0.712. The molecule has 0 unspecified atom stereocenters. The molecule has 2 aromatic rings. The average Bonchev–Trinajstić information content (AvgIpc) is 2.65. The van der Waals surface area contributed by atoms with E-state index in [2.05, 4.69) is 5.32 Å². The van der Waals surface area contributed by atoms with Crippen molar-refractivity contribution >= 4 is 5.91 Å². The van der Waals surface area contributed by atoms with E-state index in [-0.39, 0.29) is 19.1 Å². The molecule has 0 saturated heterocycles. The van der Waals surface area contributed by atoms with Gasteiger partial charge >= 0.3 is 6.18 Å². The summed E-state index contributed by atoms with van der Waals surface area (Å²) in [7, 11) is 0. The molecule has 0 radical (unpaired) electrons. The largest absolute Gasteiger partial charge is 0.490 e. The number of halogens is 3. The summed E-state index contributed by atoms with van der Waals surface area (Å²) in [6.07, 6.45) is -4.41. The topological polar surface area (TPSA) is 47.6 Å². The zero-order valence-corrected chi connectivity index (χ0v) is 16.1. The minimum Gasteiger partial charge on any atom is -0.490 e. The maximum absolute atomic E-state index is 12.9. The van der Waals surface area contributed by atoms with Crippen molar-refractivity contribution < 1.29 is 27.4 Å².